The van der Waals surface area contributed by atoms with E-state index in [0.717, 1.165) is 16.7 Å². The number of halogens is 5. The molecule has 4 aliphatic rings. The first-order valence-electron chi connectivity index (χ1n) is 14.9. The zero-order chi connectivity index (χ0) is 31.7. The van der Waals surface area contributed by atoms with Gasteiger partial charge in [0.2, 0.25) is 0 Å². The molecule has 0 aromatic heterocycles. The van der Waals surface area contributed by atoms with Crippen molar-refractivity contribution < 1.29 is 41.4 Å². The Bertz CT molecular complexity index is 1560. The standard InChI is InChI=1S/C34H34F5NO4/c1-31-18-25(19-7-9-20(10-8-19)30(42)40-27-5-3-4-6-28(27)44-2)29-23-14-12-22(41)17-21(23)11-13-24(29)26(31)15-16-32(31,43)33(35,36)34(37,38)39/h3-10,17,24-26,43H,11-16,18H2,1-2H3,(H,40,42)/t24-,25+,26-,31-,32-/m0/s1. The number of aliphatic hydroxyl groups is 1. The number of methoxy groups -OCH3 is 1. The average Bonchev–Trinajstić information content (AvgIpc) is 3.27. The summed E-state index contributed by atoms with van der Waals surface area (Å²) in [6.07, 6.45) is -3.17. The number of anilines is 1. The highest BCUT2D eigenvalue weighted by Gasteiger charge is 2.79. The fraction of sp³-hybridized carbons (Fsp3) is 0.471. The van der Waals surface area contributed by atoms with Crippen LogP contribution >= 0.6 is 0 Å². The van der Waals surface area contributed by atoms with Crippen LogP contribution in [-0.2, 0) is 4.79 Å². The van der Waals surface area contributed by atoms with Gasteiger partial charge in [-0.3, -0.25) is 9.59 Å². The molecule has 44 heavy (non-hydrogen) atoms. The number of amides is 1. The lowest BCUT2D eigenvalue weighted by Gasteiger charge is -2.56. The number of nitrogens with one attached hydrogen (secondary N) is 1. The second-order valence-electron chi connectivity index (χ2n) is 12.7. The van der Waals surface area contributed by atoms with Gasteiger partial charge >= 0.3 is 12.1 Å². The van der Waals surface area contributed by atoms with Gasteiger partial charge in [-0.05, 0) is 97.4 Å². The molecular formula is C34H34F5NO4. The number of ether oxygens (including phenoxy) is 1. The largest absolute Gasteiger partial charge is 0.495 e. The fourth-order valence-corrected chi connectivity index (χ4v) is 8.52. The summed E-state index contributed by atoms with van der Waals surface area (Å²) in [7, 11) is 1.49. The molecule has 0 spiro atoms. The molecule has 0 unspecified atom stereocenters. The molecule has 10 heteroatoms. The minimum Gasteiger partial charge on any atom is -0.495 e. The van der Waals surface area contributed by atoms with Gasteiger partial charge in [0.05, 0.1) is 12.8 Å². The highest BCUT2D eigenvalue weighted by molar-refractivity contribution is 6.05. The number of rotatable bonds is 5. The van der Waals surface area contributed by atoms with Gasteiger partial charge in [-0.1, -0.05) is 36.8 Å². The quantitative estimate of drug-likeness (QED) is 0.337. The van der Waals surface area contributed by atoms with Gasteiger partial charge in [0.15, 0.2) is 5.78 Å². The number of carbonyl (C=O) groups excluding carboxylic acids is 2. The molecule has 2 N–H and O–H groups in total. The van der Waals surface area contributed by atoms with Gasteiger partial charge in [-0.25, -0.2) is 0 Å². The zero-order valence-electron chi connectivity index (χ0n) is 24.4. The maximum atomic E-state index is 15.2. The summed E-state index contributed by atoms with van der Waals surface area (Å²) in [6.45, 7) is 1.39. The Hall–Kier alpha value is -3.53. The smallest absolute Gasteiger partial charge is 0.456 e. The molecule has 6 rings (SSSR count). The van der Waals surface area contributed by atoms with Gasteiger partial charge in [0.25, 0.3) is 5.91 Å². The van der Waals surface area contributed by atoms with Crippen LogP contribution in [0.25, 0.3) is 0 Å². The maximum absolute atomic E-state index is 15.2. The third-order valence-electron chi connectivity index (χ3n) is 10.7. The van der Waals surface area contributed by atoms with Gasteiger partial charge in [0, 0.05) is 23.3 Å². The Morgan fingerprint density at radius 1 is 1.00 bits per heavy atom. The van der Waals surface area contributed by atoms with E-state index in [-0.39, 0.29) is 24.5 Å². The van der Waals surface area contributed by atoms with Crippen molar-refractivity contribution in [1.82, 2.24) is 0 Å². The zero-order valence-corrected chi connectivity index (χ0v) is 24.4. The van der Waals surface area contributed by atoms with Crippen molar-refractivity contribution in [3.63, 3.8) is 0 Å². The van der Waals surface area contributed by atoms with E-state index in [9.17, 15) is 27.9 Å². The third-order valence-corrected chi connectivity index (χ3v) is 10.7. The molecule has 0 radical (unpaired) electrons. The molecular weight excluding hydrogens is 581 g/mol. The van der Waals surface area contributed by atoms with Crippen molar-refractivity contribution in [1.29, 1.82) is 0 Å². The summed E-state index contributed by atoms with van der Waals surface area (Å²) in [5.41, 5.74) is -0.683. The van der Waals surface area contributed by atoms with Gasteiger partial charge < -0.3 is 15.2 Å². The minimum absolute atomic E-state index is 0.0190. The molecule has 4 aliphatic carbocycles. The monoisotopic (exact) mass is 615 g/mol. The number of alkyl halides is 5. The fourth-order valence-electron chi connectivity index (χ4n) is 8.52. The van der Waals surface area contributed by atoms with E-state index in [1.54, 1.807) is 54.6 Å². The van der Waals surface area contributed by atoms with Crippen molar-refractivity contribution in [2.45, 2.75) is 75.5 Å². The highest BCUT2D eigenvalue weighted by atomic mass is 19.4. The van der Waals surface area contributed by atoms with Crippen LogP contribution in [0, 0.1) is 17.3 Å². The van der Waals surface area contributed by atoms with Crippen LogP contribution in [-0.4, -0.2) is 41.6 Å². The van der Waals surface area contributed by atoms with Crippen molar-refractivity contribution in [3.05, 3.63) is 82.5 Å². The normalized spacial score (nSPS) is 30.2. The number of para-hydroxylation sites is 2. The molecule has 5 nitrogen and oxygen atoms in total. The molecule has 0 aliphatic heterocycles. The van der Waals surface area contributed by atoms with Crippen molar-refractivity contribution in [2.24, 2.45) is 17.3 Å². The van der Waals surface area contributed by atoms with E-state index < -0.39 is 47.3 Å². The molecule has 2 fully saturated rings. The van der Waals surface area contributed by atoms with E-state index in [2.05, 4.69) is 5.32 Å². The minimum atomic E-state index is -5.91. The molecule has 2 aromatic rings. The van der Waals surface area contributed by atoms with Crippen LogP contribution < -0.4 is 10.1 Å². The Balaban J connectivity index is 1.41. The maximum Gasteiger partial charge on any atom is 0.456 e. The number of hydrogen-bond donors (Lipinski definition) is 2. The first kappa shape index (κ1) is 30.5. The second kappa shape index (κ2) is 10.5. The van der Waals surface area contributed by atoms with Crippen molar-refractivity contribution >= 4 is 17.4 Å². The van der Waals surface area contributed by atoms with Gasteiger partial charge in [-0.15, -0.1) is 0 Å². The summed E-state index contributed by atoms with van der Waals surface area (Å²) in [5.74, 6) is -6.67. The first-order valence-corrected chi connectivity index (χ1v) is 14.9. The summed E-state index contributed by atoms with van der Waals surface area (Å²) in [5, 5.41) is 14.2. The Morgan fingerprint density at radius 2 is 1.70 bits per heavy atom. The van der Waals surface area contributed by atoms with E-state index in [4.69, 9.17) is 4.74 Å². The number of allylic oxidation sites excluding steroid dienone is 4. The first-order chi connectivity index (χ1) is 20.7. The molecule has 2 aromatic carbocycles. The molecule has 2 saturated carbocycles. The van der Waals surface area contributed by atoms with Crippen molar-refractivity contribution in [3.8, 4) is 5.75 Å². The van der Waals surface area contributed by atoms with E-state index in [0.29, 0.717) is 48.2 Å². The summed E-state index contributed by atoms with van der Waals surface area (Å²) >= 11 is 0. The van der Waals surface area contributed by atoms with E-state index in [1.165, 1.54) is 14.0 Å². The van der Waals surface area contributed by atoms with Crippen LogP contribution in [0.4, 0.5) is 27.6 Å². The van der Waals surface area contributed by atoms with Crippen LogP contribution in [0.1, 0.15) is 73.7 Å². The van der Waals surface area contributed by atoms with E-state index >= 15 is 8.78 Å². The van der Waals surface area contributed by atoms with Crippen LogP contribution in [0.15, 0.2) is 71.3 Å². The number of hydrogen-bond acceptors (Lipinski definition) is 4. The predicted octanol–water partition coefficient (Wildman–Crippen LogP) is 7.78. The molecule has 5 atom stereocenters. The van der Waals surface area contributed by atoms with Crippen LogP contribution in [0.3, 0.4) is 0 Å². The third kappa shape index (κ3) is 4.51. The Kier molecular flexibility index (Phi) is 7.30. The number of ketones is 1. The topological polar surface area (TPSA) is 75.6 Å². The van der Waals surface area contributed by atoms with Crippen molar-refractivity contribution in [2.75, 3.05) is 12.4 Å². The molecule has 234 valence electrons. The predicted molar refractivity (Wildman–Crippen MR) is 154 cm³/mol. The lowest BCUT2D eigenvalue weighted by molar-refractivity contribution is -0.362. The molecule has 0 bridgehead atoms. The Labute approximate surface area is 252 Å². The SMILES string of the molecule is COc1ccccc1NC(=O)c1ccc([C@H]2C[C@@]3(C)[C@@H](CC[C@@]3(O)C(F)(F)C(F)(F)F)[C@@H]3CCC4=CC(=O)CCC4=C32)cc1. The second-order valence-corrected chi connectivity index (χ2v) is 12.7. The Morgan fingerprint density at radius 3 is 2.39 bits per heavy atom. The van der Waals surface area contributed by atoms with Crippen LogP contribution in [0.5, 0.6) is 5.75 Å². The lowest BCUT2D eigenvalue weighted by atomic mass is 9.50. The van der Waals surface area contributed by atoms with E-state index in [1.807, 2.05) is 0 Å². The summed E-state index contributed by atoms with van der Waals surface area (Å²) in [6, 6.07) is 13.5. The molecule has 0 saturated heterocycles. The number of fused-ring (bicyclic) bond motifs is 4. The lowest BCUT2D eigenvalue weighted by Crippen LogP contribution is -2.65. The number of carbonyl (C=O) groups is 2. The van der Waals surface area contributed by atoms with Gasteiger partial charge in [-0.2, -0.15) is 22.0 Å². The average molecular weight is 616 g/mol. The highest BCUT2D eigenvalue weighted by Crippen LogP contribution is 2.70. The van der Waals surface area contributed by atoms with Crippen LogP contribution in [0.2, 0.25) is 0 Å². The molecule has 0 heterocycles. The summed E-state index contributed by atoms with van der Waals surface area (Å²) < 4.78 is 77.0. The molecule has 1 amide bonds. The number of benzene rings is 2. The van der Waals surface area contributed by atoms with Gasteiger partial charge in [0.1, 0.15) is 11.4 Å². The summed E-state index contributed by atoms with van der Waals surface area (Å²) in [4.78, 5) is 25.3.